The van der Waals surface area contributed by atoms with E-state index in [-0.39, 0.29) is 6.61 Å². The van der Waals surface area contributed by atoms with E-state index in [0.29, 0.717) is 0 Å². The van der Waals surface area contributed by atoms with Gasteiger partial charge in [0.05, 0.1) is 24.4 Å². The van der Waals surface area contributed by atoms with E-state index in [1.165, 1.54) is 27.9 Å². The summed E-state index contributed by atoms with van der Waals surface area (Å²) in [6.07, 6.45) is 0. The van der Waals surface area contributed by atoms with Crippen molar-refractivity contribution in [3.63, 3.8) is 0 Å². The quantitative estimate of drug-likeness (QED) is 0.678. The highest BCUT2D eigenvalue weighted by atomic mass is 16.5. The molecule has 0 amide bonds. The first-order chi connectivity index (χ1) is 13.7. The van der Waals surface area contributed by atoms with Crippen LogP contribution in [0.5, 0.6) is 0 Å². The number of carboxylic acid groups (broad SMARTS) is 1. The van der Waals surface area contributed by atoms with Gasteiger partial charge in [0.1, 0.15) is 6.61 Å². The number of hydrogen-bond donors (Lipinski definition) is 1. The molecular formula is C23H26O6. The lowest BCUT2D eigenvalue weighted by Gasteiger charge is -2.32. The number of ether oxygens (including phenoxy) is 2. The zero-order valence-corrected chi connectivity index (χ0v) is 17.0. The molecule has 0 aliphatic heterocycles. The van der Waals surface area contributed by atoms with E-state index in [1.807, 2.05) is 54.6 Å². The van der Waals surface area contributed by atoms with Crippen LogP contribution < -0.4 is 0 Å². The molecule has 0 saturated carbocycles. The average molecular weight is 398 g/mol. The minimum atomic E-state index is -1.41. The van der Waals surface area contributed by atoms with Crippen molar-refractivity contribution >= 4 is 17.9 Å². The number of carboxylic acids is 1. The van der Waals surface area contributed by atoms with Crippen molar-refractivity contribution in [3.05, 3.63) is 60.2 Å². The normalized spacial score (nSPS) is 13.2. The molecule has 154 valence electrons. The summed E-state index contributed by atoms with van der Waals surface area (Å²) in [5.74, 6) is -4.90. The molecule has 2 aromatic rings. The second-order valence-corrected chi connectivity index (χ2v) is 7.49. The monoisotopic (exact) mass is 398 g/mol. The minimum Gasteiger partial charge on any atom is -0.481 e. The van der Waals surface area contributed by atoms with Gasteiger partial charge >= 0.3 is 17.9 Å². The molecule has 2 unspecified atom stereocenters. The highest BCUT2D eigenvalue weighted by Crippen LogP contribution is 2.35. The fraction of sp³-hybridized carbons (Fsp3) is 0.348. The van der Waals surface area contributed by atoms with Crippen molar-refractivity contribution in [2.45, 2.75) is 27.4 Å². The summed E-state index contributed by atoms with van der Waals surface area (Å²) in [6, 6.07) is 17.5. The third kappa shape index (κ3) is 5.22. The molecule has 0 spiro atoms. The third-order valence-corrected chi connectivity index (χ3v) is 5.07. The lowest BCUT2D eigenvalue weighted by molar-refractivity contribution is -0.172. The molecule has 0 aromatic heterocycles. The lowest BCUT2D eigenvalue weighted by Crippen LogP contribution is -2.44. The van der Waals surface area contributed by atoms with Gasteiger partial charge in [-0.3, -0.25) is 14.4 Å². The standard InChI is InChI=1S/C23H26O6/c1-15(21(26)28-4)19(20(24)25)23(2,3)22(27)29-14-16-10-12-18(13-11-16)17-8-6-5-7-9-17/h5-13,15,19H,14H2,1-4H3,(H,24,25). The molecule has 0 heterocycles. The minimum absolute atomic E-state index is 0.0102. The molecule has 0 saturated heterocycles. The molecule has 1 N–H and O–H groups in total. The number of carbonyl (C=O) groups is 3. The smallest absolute Gasteiger partial charge is 0.312 e. The molecular weight excluding hydrogens is 372 g/mol. The van der Waals surface area contributed by atoms with Crippen LogP contribution in [-0.2, 0) is 30.5 Å². The Balaban J connectivity index is 2.08. The zero-order chi connectivity index (χ0) is 21.6. The van der Waals surface area contributed by atoms with E-state index in [0.717, 1.165) is 16.7 Å². The molecule has 0 aliphatic carbocycles. The number of methoxy groups -OCH3 is 1. The van der Waals surface area contributed by atoms with E-state index in [1.54, 1.807) is 0 Å². The molecule has 2 rings (SSSR count). The Kier molecular flexibility index (Phi) is 7.15. The number of benzene rings is 2. The van der Waals surface area contributed by atoms with Gasteiger partial charge in [0, 0.05) is 0 Å². The van der Waals surface area contributed by atoms with E-state index < -0.39 is 35.2 Å². The second-order valence-electron chi connectivity index (χ2n) is 7.49. The molecule has 0 radical (unpaired) electrons. The summed E-state index contributed by atoms with van der Waals surface area (Å²) in [6.45, 7) is 4.37. The topological polar surface area (TPSA) is 89.9 Å². The summed E-state index contributed by atoms with van der Waals surface area (Å²) in [5, 5.41) is 9.58. The van der Waals surface area contributed by atoms with Crippen LogP contribution >= 0.6 is 0 Å². The van der Waals surface area contributed by atoms with Crippen LogP contribution in [0.4, 0.5) is 0 Å². The number of esters is 2. The van der Waals surface area contributed by atoms with Crippen LogP contribution in [-0.4, -0.2) is 30.1 Å². The predicted octanol–water partition coefficient (Wildman–Crippen LogP) is 3.93. The van der Waals surface area contributed by atoms with Gasteiger partial charge in [0.2, 0.25) is 0 Å². The van der Waals surface area contributed by atoms with Gasteiger partial charge in [-0.25, -0.2) is 0 Å². The summed E-state index contributed by atoms with van der Waals surface area (Å²) in [7, 11) is 1.18. The maximum Gasteiger partial charge on any atom is 0.312 e. The largest absolute Gasteiger partial charge is 0.481 e. The van der Waals surface area contributed by atoms with Crippen LogP contribution in [0.1, 0.15) is 26.3 Å². The summed E-state index contributed by atoms with van der Waals surface area (Å²) in [4.78, 5) is 36.2. The first kappa shape index (κ1) is 22.1. The van der Waals surface area contributed by atoms with Crippen molar-refractivity contribution in [1.29, 1.82) is 0 Å². The lowest BCUT2D eigenvalue weighted by atomic mass is 9.72. The summed E-state index contributed by atoms with van der Waals surface area (Å²) in [5.41, 5.74) is 1.49. The molecule has 0 bridgehead atoms. The molecule has 0 aliphatic rings. The van der Waals surface area contributed by atoms with Crippen molar-refractivity contribution in [2.75, 3.05) is 7.11 Å². The Morgan fingerprint density at radius 1 is 0.966 bits per heavy atom. The Hall–Kier alpha value is -3.15. The van der Waals surface area contributed by atoms with E-state index >= 15 is 0 Å². The first-order valence-electron chi connectivity index (χ1n) is 9.30. The third-order valence-electron chi connectivity index (χ3n) is 5.07. The predicted molar refractivity (Wildman–Crippen MR) is 108 cm³/mol. The maximum absolute atomic E-state index is 12.7. The first-order valence-corrected chi connectivity index (χ1v) is 9.30. The van der Waals surface area contributed by atoms with Gasteiger partial charge in [-0.15, -0.1) is 0 Å². The number of carbonyl (C=O) groups excluding carboxylic acids is 2. The Morgan fingerprint density at radius 2 is 1.52 bits per heavy atom. The van der Waals surface area contributed by atoms with Gasteiger partial charge < -0.3 is 14.6 Å². The molecule has 2 aromatic carbocycles. The van der Waals surface area contributed by atoms with Crippen molar-refractivity contribution < 1.29 is 29.0 Å². The Labute approximate surface area is 170 Å². The van der Waals surface area contributed by atoms with Crippen molar-refractivity contribution in [2.24, 2.45) is 17.3 Å². The SMILES string of the molecule is COC(=O)C(C)C(C(=O)O)C(C)(C)C(=O)OCc1ccc(-c2ccccc2)cc1. The van der Waals surface area contributed by atoms with Gasteiger partial charge in [-0.05, 0) is 30.5 Å². The van der Waals surface area contributed by atoms with Crippen molar-refractivity contribution in [1.82, 2.24) is 0 Å². The van der Waals surface area contributed by atoms with Gasteiger partial charge in [-0.2, -0.15) is 0 Å². The fourth-order valence-electron chi connectivity index (χ4n) is 3.36. The fourth-order valence-corrected chi connectivity index (χ4v) is 3.36. The number of hydrogen-bond acceptors (Lipinski definition) is 5. The van der Waals surface area contributed by atoms with Gasteiger partial charge in [0.15, 0.2) is 0 Å². The summed E-state index contributed by atoms with van der Waals surface area (Å²) < 4.78 is 10.0. The summed E-state index contributed by atoms with van der Waals surface area (Å²) >= 11 is 0. The van der Waals surface area contributed by atoms with Crippen LogP contribution in [0.15, 0.2) is 54.6 Å². The molecule has 6 nitrogen and oxygen atoms in total. The Morgan fingerprint density at radius 3 is 2.03 bits per heavy atom. The molecule has 29 heavy (non-hydrogen) atoms. The van der Waals surface area contributed by atoms with E-state index in [2.05, 4.69) is 4.74 Å². The highest BCUT2D eigenvalue weighted by molar-refractivity contribution is 5.88. The highest BCUT2D eigenvalue weighted by Gasteiger charge is 2.48. The average Bonchev–Trinajstić information content (AvgIpc) is 2.71. The molecule has 0 fully saturated rings. The van der Waals surface area contributed by atoms with Crippen LogP contribution in [0.2, 0.25) is 0 Å². The maximum atomic E-state index is 12.7. The molecule has 2 atom stereocenters. The van der Waals surface area contributed by atoms with Crippen LogP contribution in [0, 0.1) is 17.3 Å². The zero-order valence-electron chi connectivity index (χ0n) is 17.0. The Bertz CT molecular complexity index is 855. The molecule has 6 heteroatoms. The number of aliphatic carboxylic acids is 1. The number of rotatable bonds is 8. The van der Waals surface area contributed by atoms with Gasteiger partial charge in [0.25, 0.3) is 0 Å². The van der Waals surface area contributed by atoms with Gasteiger partial charge in [-0.1, -0.05) is 61.5 Å². The van der Waals surface area contributed by atoms with Crippen LogP contribution in [0.25, 0.3) is 11.1 Å². The van der Waals surface area contributed by atoms with Crippen LogP contribution in [0.3, 0.4) is 0 Å². The van der Waals surface area contributed by atoms with E-state index in [9.17, 15) is 19.5 Å². The van der Waals surface area contributed by atoms with E-state index in [4.69, 9.17) is 4.74 Å². The van der Waals surface area contributed by atoms with Crippen molar-refractivity contribution in [3.8, 4) is 11.1 Å². The second kappa shape index (κ2) is 9.37.